The highest BCUT2D eigenvalue weighted by atomic mass is 32.2. The molecule has 0 spiro atoms. The molecular formula is C24H31N5O3S. The largest absolute Gasteiger partial charge is 0.467 e. The van der Waals surface area contributed by atoms with E-state index in [1.807, 2.05) is 42.7 Å². The highest BCUT2D eigenvalue weighted by Crippen LogP contribution is 2.28. The molecule has 0 saturated heterocycles. The van der Waals surface area contributed by atoms with Gasteiger partial charge in [0, 0.05) is 12.1 Å². The SMILES string of the molecule is CC(C)CNC(=O)NC(=O)CSc1nnc(-c2ccc(C(C)(C)C)cc2)n1Cc1ccco1. The van der Waals surface area contributed by atoms with E-state index >= 15 is 0 Å². The van der Waals surface area contributed by atoms with Crippen molar-refractivity contribution in [3.8, 4) is 11.4 Å². The molecule has 2 aromatic heterocycles. The molecule has 0 atom stereocenters. The van der Waals surface area contributed by atoms with Crippen molar-refractivity contribution in [3.05, 3.63) is 54.0 Å². The second-order valence-electron chi connectivity index (χ2n) is 9.24. The van der Waals surface area contributed by atoms with Gasteiger partial charge < -0.3 is 9.73 Å². The van der Waals surface area contributed by atoms with Crippen LogP contribution >= 0.6 is 11.8 Å². The number of aromatic nitrogens is 3. The number of thioether (sulfide) groups is 1. The zero-order chi connectivity index (χ0) is 24.0. The molecule has 0 bridgehead atoms. The molecular weight excluding hydrogens is 438 g/mol. The van der Waals surface area contributed by atoms with Crippen LogP contribution in [0.25, 0.3) is 11.4 Å². The fraction of sp³-hybridized carbons (Fsp3) is 0.417. The maximum atomic E-state index is 12.2. The number of hydrogen-bond acceptors (Lipinski definition) is 6. The van der Waals surface area contributed by atoms with Gasteiger partial charge in [0.2, 0.25) is 5.91 Å². The van der Waals surface area contributed by atoms with Gasteiger partial charge in [0.25, 0.3) is 0 Å². The van der Waals surface area contributed by atoms with Crippen LogP contribution in [0, 0.1) is 5.92 Å². The van der Waals surface area contributed by atoms with Gasteiger partial charge in [-0.15, -0.1) is 10.2 Å². The number of hydrogen-bond donors (Lipinski definition) is 2. The maximum Gasteiger partial charge on any atom is 0.321 e. The van der Waals surface area contributed by atoms with E-state index in [0.29, 0.717) is 30.0 Å². The predicted molar refractivity (Wildman–Crippen MR) is 129 cm³/mol. The third-order valence-electron chi connectivity index (χ3n) is 4.88. The number of carbonyl (C=O) groups excluding carboxylic acids is 2. The van der Waals surface area contributed by atoms with E-state index in [4.69, 9.17) is 4.42 Å². The lowest BCUT2D eigenvalue weighted by atomic mass is 9.87. The number of nitrogens with one attached hydrogen (secondary N) is 2. The van der Waals surface area contributed by atoms with Crippen molar-refractivity contribution in [1.29, 1.82) is 0 Å². The van der Waals surface area contributed by atoms with Gasteiger partial charge in [-0.1, -0.05) is 70.6 Å². The van der Waals surface area contributed by atoms with Gasteiger partial charge in [0.05, 0.1) is 18.6 Å². The Hall–Kier alpha value is -3.07. The molecule has 1 aromatic carbocycles. The molecule has 2 heterocycles. The van der Waals surface area contributed by atoms with Crippen molar-refractivity contribution in [2.75, 3.05) is 12.3 Å². The lowest BCUT2D eigenvalue weighted by Gasteiger charge is -2.19. The van der Waals surface area contributed by atoms with Crippen LogP contribution in [0.3, 0.4) is 0 Å². The number of benzene rings is 1. The summed E-state index contributed by atoms with van der Waals surface area (Å²) in [7, 11) is 0. The molecule has 0 aliphatic rings. The quantitative estimate of drug-likeness (QED) is 0.472. The first-order valence-corrected chi connectivity index (χ1v) is 11.9. The Morgan fingerprint density at radius 3 is 2.45 bits per heavy atom. The molecule has 2 N–H and O–H groups in total. The molecule has 0 fully saturated rings. The number of imide groups is 1. The minimum absolute atomic E-state index is 0.0361. The molecule has 8 nitrogen and oxygen atoms in total. The summed E-state index contributed by atoms with van der Waals surface area (Å²) >= 11 is 1.22. The lowest BCUT2D eigenvalue weighted by Crippen LogP contribution is -2.41. The molecule has 33 heavy (non-hydrogen) atoms. The predicted octanol–water partition coefficient (Wildman–Crippen LogP) is 4.46. The van der Waals surface area contributed by atoms with Crippen molar-refractivity contribution in [2.45, 2.75) is 51.7 Å². The summed E-state index contributed by atoms with van der Waals surface area (Å²) in [5, 5.41) is 14.3. The van der Waals surface area contributed by atoms with Gasteiger partial charge in [-0.2, -0.15) is 0 Å². The van der Waals surface area contributed by atoms with Gasteiger partial charge in [-0.25, -0.2) is 4.79 Å². The number of nitrogens with zero attached hydrogens (tertiary/aromatic N) is 3. The maximum absolute atomic E-state index is 12.2. The summed E-state index contributed by atoms with van der Waals surface area (Å²) < 4.78 is 7.44. The molecule has 0 unspecified atom stereocenters. The third-order valence-corrected chi connectivity index (χ3v) is 5.84. The topological polar surface area (TPSA) is 102 Å². The van der Waals surface area contributed by atoms with Crippen molar-refractivity contribution in [2.24, 2.45) is 5.92 Å². The van der Waals surface area contributed by atoms with E-state index in [9.17, 15) is 9.59 Å². The molecule has 0 aliphatic heterocycles. The van der Waals surface area contributed by atoms with Crippen molar-refractivity contribution in [1.82, 2.24) is 25.4 Å². The molecule has 0 radical (unpaired) electrons. The Bertz CT molecular complexity index is 1070. The number of furan rings is 1. The monoisotopic (exact) mass is 469 g/mol. The molecule has 3 aromatic rings. The van der Waals surface area contributed by atoms with Crippen LogP contribution in [0.15, 0.2) is 52.2 Å². The summed E-state index contributed by atoms with van der Waals surface area (Å²) in [5.41, 5.74) is 2.20. The van der Waals surface area contributed by atoms with Crippen molar-refractivity contribution >= 4 is 23.7 Å². The van der Waals surface area contributed by atoms with Crippen LogP contribution in [0.4, 0.5) is 4.79 Å². The van der Waals surface area contributed by atoms with Gasteiger partial charge >= 0.3 is 6.03 Å². The minimum atomic E-state index is -0.494. The van der Waals surface area contributed by atoms with Crippen LogP contribution in [0.1, 0.15) is 45.9 Å². The van der Waals surface area contributed by atoms with Crippen LogP contribution in [0.5, 0.6) is 0 Å². The van der Waals surface area contributed by atoms with Gasteiger partial charge in [0.15, 0.2) is 11.0 Å². The molecule has 0 aliphatic carbocycles. The molecule has 176 valence electrons. The highest BCUT2D eigenvalue weighted by molar-refractivity contribution is 7.99. The van der Waals surface area contributed by atoms with E-state index < -0.39 is 11.9 Å². The van der Waals surface area contributed by atoms with Crippen LogP contribution < -0.4 is 10.6 Å². The number of urea groups is 1. The van der Waals surface area contributed by atoms with Crippen LogP contribution in [0.2, 0.25) is 0 Å². The van der Waals surface area contributed by atoms with E-state index in [1.54, 1.807) is 6.26 Å². The zero-order valence-corrected chi connectivity index (χ0v) is 20.5. The average Bonchev–Trinajstić information content (AvgIpc) is 3.41. The second kappa shape index (κ2) is 10.7. The van der Waals surface area contributed by atoms with Crippen LogP contribution in [-0.2, 0) is 16.8 Å². The normalized spacial score (nSPS) is 11.6. The van der Waals surface area contributed by atoms with Gasteiger partial charge in [-0.3, -0.25) is 14.7 Å². The molecule has 3 amide bonds. The van der Waals surface area contributed by atoms with E-state index in [0.717, 1.165) is 11.3 Å². The standard InChI is InChI=1S/C24H31N5O3S/c1-16(2)13-25-22(31)26-20(30)15-33-23-28-27-21(29(23)14-19-7-6-12-32-19)17-8-10-18(11-9-17)24(3,4)5/h6-12,16H,13-15H2,1-5H3,(H2,25,26,30,31). The fourth-order valence-electron chi connectivity index (χ4n) is 3.06. The summed E-state index contributed by atoms with van der Waals surface area (Å²) in [6, 6.07) is 11.5. The summed E-state index contributed by atoms with van der Waals surface area (Å²) in [6.45, 7) is 11.4. The first kappa shape index (κ1) is 24.6. The van der Waals surface area contributed by atoms with E-state index in [-0.39, 0.29) is 11.2 Å². The third kappa shape index (κ3) is 6.95. The second-order valence-corrected chi connectivity index (χ2v) is 10.2. The van der Waals surface area contributed by atoms with E-state index in [2.05, 4.69) is 53.7 Å². The summed E-state index contributed by atoms with van der Waals surface area (Å²) in [5.74, 6) is 1.38. The number of rotatable bonds is 8. The Balaban J connectivity index is 1.76. The Morgan fingerprint density at radius 2 is 1.85 bits per heavy atom. The fourth-order valence-corrected chi connectivity index (χ4v) is 3.80. The number of amides is 3. The Labute approximate surface area is 198 Å². The van der Waals surface area contributed by atoms with Gasteiger partial charge in [-0.05, 0) is 29.0 Å². The van der Waals surface area contributed by atoms with Crippen molar-refractivity contribution < 1.29 is 14.0 Å². The van der Waals surface area contributed by atoms with Crippen LogP contribution in [-0.4, -0.2) is 39.0 Å². The molecule has 3 rings (SSSR count). The first-order valence-electron chi connectivity index (χ1n) is 10.9. The first-order chi connectivity index (χ1) is 15.6. The average molecular weight is 470 g/mol. The summed E-state index contributed by atoms with van der Waals surface area (Å²) in [6.07, 6.45) is 1.62. The van der Waals surface area contributed by atoms with E-state index in [1.165, 1.54) is 17.3 Å². The van der Waals surface area contributed by atoms with Gasteiger partial charge in [0.1, 0.15) is 5.76 Å². The zero-order valence-electron chi connectivity index (χ0n) is 19.7. The smallest absolute Gasteiger partial charge is 0.321 e. The lowest BCUT2D eigenvalue weighted by molar-refractivity contribution is -0.117. The molecule has 0 saturated carbocycles. The number of carbonyl (C=O) groups is 2. The summed E-state index contributed by atoms with van der Waals surface area (Å²) in [4.78, 5) is 24.1. The Morgan fingerprint density at radius 1 is 1.12 bits per heavy atom. The molecule has 9 heteroatoms. The Kier molecular flexibility index (Phi) is 7.97. The minimum Gasteiger partial charge on any atom is -0.467 e. The van der Waals surface area contributed by atoms with Crippen molar-refractivity contribution in [3.63, 3.8) is 0 Å². The highest BCUT2D eigenvalue weighted by Gasteiger charge is 2.19.